The smallest absolute Gasteiger partial charge is 0.340 e. The molecule has 8 heteroatoms. The molecule has 1 aliphatic carbocycles. The van der Waals surface area contributed by atoms with Gasteiger partial charge in [0.05, 0.1) is 38.1 Å². The van der Waals surface area contributed by atoms with Gasteiger partial charge in [0.2, 0.25) is 5.79 Å². The summed E-state index contributed by atoms with van der Waals surface area (Å²) in [6.07, 6.45) is -0.462. The van der Waals surface area contributed by atoms with Gasteiger partial charge in [-0.3, -0.25) is 9.59 Å². The van der Waals surface area contributed by atoms with Gasteiger partial charge in [-0.1, -0.05) is 38.1 Å². The summed E-state index contributed by atoms with van der Waals surface area (Å²) in [4.78, 5) is 40.9. The second-order valence-corrected chi connectivity index (χ2v) is 12.9. The number of ketones is 1. The van der Waals surface area contributed by atoms with Crippen LogP contribution >= 0.6 is 0 Å². The van der Waals surface area contributed by atoms with Gasteiger partial charge in [0.25, 0.3) is 0 Å². The molecule has 8 nitrogen and oxygen atoms in total. The zero-order valence-corrected chi connectivity index (χ0v) is 22.6. The molecule has 0 saturated carbocycles. The van der Waals surface area contributed by atoms with Gasteiger partial charge in [0, 0.05) is 16.5 Å². The van der Waals surface area contributed by atoms with Crippen molar-refractivity contribution in [1.82, 2.24) is 0 Å². The quantitative estimate of drug-likeness (QED) is 0.568. The zero-order valence-electron chi connectivity index (χ0n) is 22.6. The lowest BCUT2D eigenvalue weighted by atomic mass is 9.65. The van der Waals surface area contributed by atoms with Gasteiger partial charge in [0.15, 0.2) is 11.4 Å². The highest BCUT2D eigenvalue weighted by Gasteiger charge is 2.70. The molecule has 1 spiro atoms. The monoisotopic (exact) mass is 502 g/mol. The summed E-state index contributed by atoms with van der Waals surface area (Å²) in [5.41, 5.74) is -2.74. The van der Waals surface area contributed by atoms with Crippen molar-refractivity contribution < 1.29 is 38.1 Å². The summed E-state index contributed by atoms with van der Waals surface area (Å²) >= 11 is 0. The number of carbonyl (C=O) groups is 3. The number of fused-ring (bicyclic) bond motifs is 4. The number of esters is 2. The third kappa shape index (κ3) is 4.71. The van der Waals surface area contributed by atoms with Crippen LogP contribution in [0.5, 0.6) is 0 Å². The molecule has 0 amide bonds. The van der Waals surface area contributed by atoms with E-state index in [1.54, 1.807) is 53.7 Å². The maximum atomic E-state index is 14.1. The number of benzene rings is 1. The molecule has 3 aliphatic rings. The van der Waals surface area contributed by atoms with Gasteiger partial charge in [-0.2, -0.15) is 0 Å². The predicted octanol–water partition coefficient (Wildman–Crippen LogP) is 4.18. The number of hydrogen-bond donors (Lipinski definition) is 0. The SMILES string of the molecule is CC1(C)COC2(OC1)c1ccccc1C(=O)[C@@H]1[C@H]2CO[C@]1(CC(=O)OC(C)(C)C)C(=O)OC(C)(C)C. The Balaban J connectivity index is 1.84. The molecular formula is C28H38O8. The van der Waals surface area contributed by atoms with Crippen molar-refractivity contribution in [3.8, 4) is 0 Å². The molecule has 0 bridgehead atoms. The lowest BCUT2D eigenvalue weighted by molar-refractivity contribution is -0.336. The Kier molecular flexibility index (Phi) is 6.42. The summed E-state index contributed by atoms with van der Waals surface area (Å²) in [6, 6.07) is 7.12. The first kappa shape index (κ1) is 26.8. The second-order valence-electron chi connectivity index (χ2n) is 12.9. The van der Waals surface area contributed by atoms with Gasteiger partial charge in [-0.25, -0.2) is 4.79 Å². The Morgan fingerprint density at radius 1 is 0.944 bits per heavy atom. The molecule has 4 rings (SSSR count). The molecule has 3 atom stereocenters. The van der Waals surface area contributed by atoms with E-state index in [2.05, 4.69) is 0 Å². The summed E-state index contributed by atoms with van der Waals surface area (Å²) in [6.45, 7) is 15.3. The number of hydrogen-bond acceptors (Lipinski definition) is 8. The van der Waals surface area contributed by atoms with Crippen molar-refractivity contribution in [1.29, 1.82) is 0 Å². The van der Waals surface area contributed by atoms with Gasteiger partial charge < -0.3 is 23.7 Å². The van der Waals surface area contributed by atoms with Crippen LogP contribution in [-0.4, -0.2) is 54.3 Å². The van der Waals surface area contributed by atoms with Crippen LogP contribution in [0.2, 0.25) is 0 Å². The minimum absolute atomic E-state index is 0.0206. The molecule has 2 heterocycles. The van der Waals surface area contributed by atoms with E-state index >= 15 is 0 Å². The summed E-state index contributed by atoms with van der Waals surface area (Å²) in [5, 5.41) is 0. The van der Waals surface area contributed by atoms with Crippen LogP contribution in [0.4, 0.5) is 0 Å². The van der Waals surface area contributed by atoms with Crippen molar-refractivity contribution >= 4 is 17.7 Å². The van der Waals surface area contributed by atoms with E-state index in [-0.39, 0.29) is 17.8 Å². The van der Waals surface area contributed by atoms with E-state index < -0.39 is 52.8 Å². The normalized spacial score (nSPS) is 28.8. The maximum Gasteiger partial charge on any atom is 0.340 e. The fourth-order valence-corrected chi connectivity index (χ4v) is 5.28. The molecule has 0 radical (unpaired) electrons. The van der Waals surface area contributed by atoms with Crippen LogP contribution in [0, 0.1) is 17.3 Å². The highest BCUT2D eigenvalue weighted by Crippen LogP contribution is 2.57. The molecule has 0 aromatic heterocycles. The Hall–Kier alpha value is -2.29. The Bertz CT molecular complexity index is 1050. The number of carbonyl (C=O) groups excluding carboxylic acids is 3. The van der Waals surface area contributed by atoms with Gasteiger partial charge in [-0.05, 0) is 41.5 Å². The third-order valence-corrected chi connectivity index (χ3v) is 6.69. The van der Waals surface area contributed by atoms with Gasteiger partial charge in [-0.15, -0.1) is 0 Å². The standard InChI is InChI=1S/C28H38O8/c1-24(2,3)35-20(29)13-27(23(31)36-25(4,5)6)21-19(14-32-27)28(33-15-26(7,8)16-34-28)18-12-10-9-11-17(18)22(21)30/h9-12,19,21H,13-16H2,1-8H3/t19-,21+,27+/m1/s1. The van der Waals surface area contributed by atoms with Crippen LogP contribution in [0.15, 0.2) is 24.3 Å². The second kappa shape index (κ2) is 8.64. The van der Waals surface area contributed by atoms with E-state index in [0.717, 1.165) is 0 Å². The van der Waals surface area contributed by atoms with Crippen molar-refractivity contribution in [2.24, 2.45) is 17.3 Å². The molecular weight excluding hydrogens is 464 g/mol. The minimum atomic E-state index is -1.88. The zero-order chi connectivity index (χ0) is 26.7. The van der Waals surface area contributed by atoms with Crippen LogP contribution in [0.25, 0.3) is 0 Å². The molecule has 0 unspecified atom stereocenters. The first-order valence-corrected chi connectivity index (χ1v) is 12.5. The molecule has 1 aromatic carbocycles. The van der Waals surface area contributed by atoms with E-state index in [1.807, 2.05) is 26.0 Å². The van der Waals surface area contributed by atoms with Crippen molar-refractivity contribution in [3.05, 3.63) is 35.4 Å². The average molecular weight is 503 g/mol. The number of ether oxygens (including phenoxy) is 5. The van der Waals surface area contributed by atoms with Gasteiger partial charge >= 0.3 is 11.9 Å². The van der Waals surface area contributed by atoms with Crippen LogP contribution in [0.1, 0.15) is 77.7 Å². The number of rotatable bonds is 3. The van der Waals surface area contributed by atoms with E-state index in [0.29, 0.717) is 24.3 Å². The lowest BCUT2D eigenvalue weighted by Crippen LogP contribution is -2.60. The molecule has 0 N–H and O–H groups in total. The Morgan fingerprint density at radius 2 is 1.53 bits per heavy atom. The molecule has 1 aromatic rings. The maximum absolute atomic E-state index is 14.1. The Labute approximate surface area is 212 Å². The van der Waals surface area contributed by atoms with Crippen molar-refractivity contribution in [2.75, 3.05) is 19.8 Å². The fourth-order valence-electron chi connectivity index (χ4n) is 5.28. The summed E-state index contributed by atoms with van der Waals surface area (Å²) in [7, 11) is 0. The third-order valence-electron chi connectivity index (χ3n) is 6.69. The minimum Gasteiger partial charge on any atom is -0.460 e. The Morgan fingerprint density at radius 3 is 2.11 bits per heavy atom. The van der Waals surface area contributed by atoms with Crippen molar-refractivity contribution in [2.45, 2.75) is 84.4 Å². The summed E-state index contributed by atoms with van der Waals surface area (Å²) in [5.74, 6) is -4.73. The molecule has 198 valence electrons. The van der Waals surface area contributed by atoms with E-state index in [9.17, 15) is 14.4 Å². The average Bonchev–Trinajstić information content (AvgIpc) is 3.12. The molecule has 2 fully saturated rings. The van der Waals surface area contributed by atoms with Crippen LogP contribution in [0.3, 0.4) is 0 Å². The van der Waals surface area contributed by atoms with E-state index in [4.69, 9.17) is 23.7 Å². The summed E-state index contributed by atoms with van der Waals surface area (Å²) < 4.78 is 30.4. The largest absolute Gasteiger partial charge is 0.460 e. The molecule has 2 aliphatic heterocycles. The van der Waals surface area contributed by atoms with E-state index in [1.165, 1.54) is 0 Å². The topological polar surface area (TPSA) is 97.4 Å². The molecule has 36 heavy (non-hydrogen) atoms. The number of Topliss-reactive ketones (excluding diaryl/α,β-unsaturated/α-hetero) is 1. The highest BCUT2D eigenvalue weighted by molar-refractivity contribution is 6.06. The first-order chi connectivity index (χ1) is 16.5. The molecule has 2 saturated heterocycles. The predicted molar refractivity (Wildman–Crippen MR) is 130 cm³/mol. The van der Waals surface area contributed by atoms with Gasteiger partial charge in [0.1, 0.15) is 11.2 Å². The van der Waals surface area contributed by atoms with Crippen LogP contribution < -0.4 is 0 Å². The lowest BCUT2D eigenvalue weighted by Gasteiger charge is -2.51. The van der Waals surface area contributed by atoms with Crippen LogP contribution in [-0.2, 0) is 39.1 Å². The van der Waals surface area contributed by atoms with Crippen molar-refractivity contribution in [3.63, 3.8) is 0 Å². The fraction of sp³-hybridized carbons (Fsp3) is 0.679. The highest BCUT2D eigenvalue weighted by atomic mass is 16.7. The first-order valence-electron chi connectivity index (χ1n) is 12.5.